The van der Waals surface area contributed by atoms with Crippen molar-refractivity contribution in [1.82, 2.24) is 0 Å². The molecule has 0 aliphatic heterocycles. The van der Waals surface area contributed by atoms with Crippen LogP contribution in [0.2, 0.25) is 0 Å². The first-order valence-corrected chi connectivity index (χ1v) is 9.19. The van der Waals surface area contributed by atoms with Crippen LogP contribution in [0.4, 0.5) is 5.69 Å². The molecule has 28 heavy (non-hydrogen) atoms. The molecule has 0 aliphatic carbocycles. The number of carboxylic acids is 2. The van der Waals surface area contributed by atoms with Gasteiger partial charge in [-0.15, -0.1) is 5.69 Å². The minimum atomic E-state index is -4.21. The van der Waals surface area contributed by atoms with Gasteiger partial charge in [-0.05, 0) is 35.4 Å². The van der Waals surface area contributed by atoms with Crippen LogP contribution in [0.1, 0.15) is 11.1 Å². The van der Waals surface area contributed by atoms with Gasteiger partial charge in [0.2, 0.25) is 0 Å². The van der Waals surface area contributed by atoms with Crippen LogP contribution < -0.4 is 14.9 Å². The third kappa shape index (κ3) is 5.71. The number of rotatable bonds is 8. The van der Waals surface area contributed by atoms with Gasteiger partial charge >= 0.3 is 0 Å². The van der Waals surface area contributed by atoms with Crippen LogP contribution in [0.25, 0.3) is 16.9 Å². The van der Waals surface area contributed by atoms with Gasteiger partial charge < -0.3 is 29.3 Å². The van der Waals surface area contributed by atoms with E-state index >= 15 is 0 Å². The van der Waals surface area contributed by atoms with E-state index in [-0.39, 0.29) is 16.3 Å². The predicted molar refractivity (Wildman–Crippen MR) is 97.7 cm³/mol. The average molecular weight is 400 g/mol. The molecule has 2 aromatic carbocycles. The molecule has 0 bridgehead atoms. The maximum Gasteiger partial charge on any atom is 0.136 e. The molecule has 2 aromatic rings. The fourth-order valence-electron chi connectivity index (χ4n) is 2.20. The molecule has 0 fully saturated rings. The maximum atomic E-state index is 12.7. The van der Waals surface area contributed by atoms with Crippen molar-refractivity contribution in [3.05, 3.63) is 70.5 Å². The van der Waals surface area contributed by atoms with Crippen molar-refractivity contribution in [1.29, 1.82) is 0 Å². The fraction of sp³-hybridized carbons (Fsp3) is 0.0526. The van der Waals surface area contributed by atoms with Crippen molar-refractivity contribution in [3.63, 3.8) is 0 Å². The summed E-state index contributed by atoms with van der Waals surface area (Å²) in [6.45, 7) is 0. The normalized spacial score (nSPS) is 11.6. The van der Waals surface area contributed by atoms with E-state index in [9.17, 15) is 28.2 Å². The lowest BCUT2D eigenvalue weighted by molar-refractivity contribution is -0.298. The molecule has 0 N–H and O–H groups in total. The van der Waals surface area contributed by atoms with Crippen molar-refractivity contribution in [2.45, 2.75) is 4.90 Å². The highest BCUT2D eigenvalue weighted by Crippen LogP contribution is 2.34. The van der Waals surface area contributed by atoms with E-state index < -0.39 is 22.0 Å². The molecule has 0 saturated heterocycles. The van der Waals surface area contributed by atoms with E-state index in [4.69, 9.17) is 4.74 Å². The van der Waals surface area contributed by atoms with E-state index in [1.54, 1.807) is 6.07 Å². The molecule has 2 rings (SSSR count). The van der Waals surface area contributed by atoms with Gasteiger partial charge in [-0.2, -0.15) is 0 Å². The van der Waals surface area contributed by atoms with Crippen molar-refractivity contribution >= 4 is 39.8 Å². The standard InChI is InChI=1S/C19H16NO7S/c1-27-16-8-5-14(7-10-19(23)24)12-17(16)28(25,26)20-15-4-2-3-13(11-15)6-9-18(21)22/h2-12H,1H3,(H,21,22)(H,23,24)/q-1/p-2. The van der Waals surface area contributed by atoms with Gasteiger partial charge in [0, 0.05) is 0 Å². The lowest BCUT2D eigenvalue weighted by Crippen LogP contribution is -2.18. The second-order valence-electron chi connectivity index (χ2n) is 5.38. The average Bonchev–Trinajstić information content (AvgIpc) is 2.64. The number of nitrogens with zero attached hydrogens (tertiary/aromatic N) is 1. The van der Waals surface area contributed by atoms with Gasteiger partial charge in [-0.3, -0.25) is 0 Å². The summed E-state index contributed by atoms with van der Waals surface area (Å²) < 4.78 is 34.3. The summed E-state index contributed by atoms with van der Waals surface area (Å²) in [5, 5.41) is 21.0. The molecular formula is C19H14NO7S-3. The molecule has 0 saturated carbocycles. The lowest BCUT2D eigenvalue weighted by atomic mass is 10.2. The highest BCUT2D eigenvalue weighted by molar-refractivity contribution is 7.94. The largest absolute Gasteiger partial charge is 0.573 e. The molecule has 0 aromatic heterocycles. The molecular weight excluding hydrogens is 386 g/mol. The fourth-order valence-corrected chi connectivity index (χ4v) is 3.38. The van der Waals surface area contributed by atoms with Crippen LogP contribution in [0.5, 0.6) is 5.75 Å². The van der Waals surface area contributed by atoms with Crippen molar-refractivity contribution < 1.29 is 33.0 Å². The Morgan fingerprint density at radius 1 is 0.964 bits per heavy atom. The lowest BCUT2D eigenvalue weighted by Gasteiger charge is -2.24. The number of ether oxygens (including phenoxy) is 1. The number of carbonyl (C=O) groups excluding carboxylic acids is 2. The van der Waals surface area contributed by atoms with E-state index in [1.807, 2.05) is 0 Å². The number of hydrogen-bond acceptors (Lipinski definition) is 7. The van der Waals surface area contributed by atoms with Crippen LogP contribution in [0.15, 0.2) is 59.5 Å². The summed E-state index contributed by atoms with van der Waals surface area (Å²) in [7, 11) is -2.93. The van der Waals surface area contributed by atoms with Gasteiger partial charge in [-0.25, -0.2) is 8.42 Å². The Balaban J connectivity index is 2.39. The number of carbonyl (C=O) groups is 2. The minimum absolute atomic E-state index is 0.0300. The minimum Gasteiger partial charge on any atom is -0.573 e. The van der Waals surface area contributed by atoms with Crippen molar-refractivity contribution in [3.8, 4) is 5.75 Å². The Morgan fingerprint density at radius 2 is 1.57 bits per heavy atom. The van der Waals surface area contributed by atoms with Crippen LogP contribution >= 0.6 is 0 Å². The van der Waals surface area contributed by atoms with Crippen LogP contribution in [0.3, 0.4) is 0 Å². The number of hydrogen-bond donors (Lipinski definition) is 0. The quantitative estimate of drug-likeness (QED) is 0.592. The molecule has 0 heterocycles. The zero-order valence-corrected chi connectivity index (χ0v) is 15.4. The first-order chi connectivity index (χ1) is 13.2. The summed E-state index contributed by atoms with van der Waals surface area (Å²) >= 11 is 0. The number of carboxylic acid groups (broad SMARTS) is 2. The van der Waals surface area contributed by atoms with Crippen LogP contribution in [-0.4, -0.2) is 27.5 Å². The summed E-state index contributed by atoms with van der Waals surface area (Å²) in [5.41, 5.74) is 0.779. The van der Waals surface area contributed by atoms with E-state index in [0.717, 1.165) is 12.2 Å². The monoisotopic (exact) mass is 400 g/mol. The SMILES string of the molecule is COc1ccc(C=CC(=O)[O-])cc1S(=O)(=O)[N-]c1cccc(C=CC(=O)[O-])c1. The Labute approximate surface area is 161 Å². The second-order valence-corrected chi connectivity index (χ2v) is 6.95. The topological polar surface area (TPSA) is 138 Å². The molecule has 9 heteroatoms. The molecule has 0 unspecified atom stereocenters. The Bertz CT molecular complexity index is 1060. The van der Waals surface area contributed by atoms with Crippen molar-refractivity contribution in [2.75, 3.05) is 7.11 Å². The number of methoxy groups -OCH3 is 1. The molecule has 0 radical (unpaired) electrons. The third-order valence-corrected chi connectivity index (χ3v) is 4.71. The predicted octanol–water partition coefficient (Wildman–Crippen LogP) is 0.615. The van der Waals surface area contributed by atoms with Gasteiger partial charge in [0.25, 0.3) is 0 Å². The summed E-state index contributed by atoms with van der Waals surface area (Å²) in [6, 6.07) is 9.95. The van der Waals surface area contributed by atoms with E-state index in [2.05, 4.69) is 4.72 Å². The Hall–Kier alpha value is -3.59. The Kier molecular flexibility index (Phi) is 6.56. The van der Waals surface area contributed by atoms with Crippen LogP contribution in [-0.2, 0) is 19.6 Å². The van der Waals surface area contributed by atoms with Gasteiger partial charge in [-0.1, -0.05) is 42.5 Å². The van der Waals surface area contributed by atoms with Gasteiger partial charge in [0.1, 0.15) is 15.8 Å². The summed E-state index contributed by atoms with van der Waals surface area (Å²) in [4.78, 5) is 20.8. The Morgan fingerprint density at radius 3 is 2.14 bits per heavy atom. The molecule has 0 aliphatic rings. The molecule has 0 amide bonds. The second kappa shape index (κ2) is 8.87. The highest BCUT2D eigenvalue weighted by Gasteiger charge is 2.13. The van der Waals surface area contributed by atoms with E-state index in [1.165, 1.54) is 55.7 Å². The first-order valence-electron chi connectivity index (χ1n) is 7.75. The van der Waals surface area contributed by atoms with E-state index in [0.29, 0.717) is 11.1 Å². The molecule has 146 valence electrons. The van der Waals surface area contributed by atoms with Crippen molar-refractivity contribution in [2.24, 2.45) is 0 Å². The zero-order valence-electron chi connectivity index (χ0n) is 14.6. The van der Waals surface area contributed by atoms with Gasteiger partial charge in [0.05, 0.1) is 23.9 Å². The highest BCUT2D eigenvalue weighted by atomic mass is 32.2. The zero-order chi connectivity index (χ0) is 20.7. The number of sulfonamides is 1. The molecule has 8 nitrogen and oxygen atoms in total. The summed E-state index contributed by atoms with van der Waals surface area (Å²) in [6.07, 6.45) is 4.00. The summed E-state index contributed by atoms with van der Waals surface area (Å²) in [5.74, 6) is -2.78. The maximum absolute atomic E-state index is 12.7. The smallest absolute Gasteiger partial charge is 0.136 e. The third-order valence-electron chi connectivity index (χ3n) is 3.39. The molecule has 0 spiro atoms. The molecule has 0 atom stereocenters. The number of aliphatic carboxylic acids is 2. The first kappa shape index (κ1) is 20.7. The number of benzene rings is 2. The van der Waals surface area contributed by atoms with Crippen LogP contribution in [0, 0.1) is 0 Å². The van der Waals surface area contributed by atoms with Gasteiger partial charge in [0.15, 0.2) is 0 Å².